The van der Waals surface area contributed by atoms with E-state index in [0.29, 0.717) is 0 Å². The Labute approximate surface area is 98.1 Å². The molecule has 1 saturated heterocycles. The van der Waals surface area contributed by atoms with Gasteiger partial charge in [0.1, 0.15) is 5.72 Å². The minimum Gasteiger partial charge on any atom is -0.355 e. The third kappa shape index (κ3) is 2.10. The molecule has 0 bridgehead atoms. The minimum atomic E-state index is -0.264. The van der Waals surface area contributed by atoms with Gasteiger partial charge in [0, 0.05) is 18.9 Å². The van der Waals surface area contributed by atoms with Gasteiger partial charge in [-0.3, -0.25) is 4.79 Å². The molecular weight excluding hydrogens is 202 g/mol. The predicted octanol–water partition coefficient (Wildman–Crippen LogP) is 2.55. The summed E-state index contributed by atoms with van der Waals surface area (Å²) < 4.78 is 6.10. The van der Waals surface area contributed by atoms with E-state index in [1.54, 1.807) is 6.92 Å². The number of ether oxygens (including phenoxy) is 1. The molecule has 3 nitrogen and oxygen atoms in total. The second-order valence-electron chi connectivity index (χ2n) is 6.06. The van der Waals surface area contributed by atoms with E-state index >= 15 is 0 Å². The van der Waals surface area contributed by atoms with Crippen LogP contribution in [0, 0.1) is 5.41 Å². The summed E-state index contributed by atoms with van der Waals surface area (Å²) in [6, 6.07) is 0. The van der Waals surface area contributed by atoms with Crippen LogP contribution < -0.4 is 0 Å². The summed E-state index contributed by atoms with van der Waals surface area (Å²) in [7, 11) is 0. The Morgan fingerprint density at radius 1 is 1.19 bits per heavy atom. The Bertz CT molecular complexity index is 280. The number of carbonyl (C=O) groups excluding carboxylic acids is 1. The summed E-state index contributed by atoms with van der Waals surface area (Å²) in [5.74, 6) is 0.162. The minimum absolute atomic E-state index is 0.0916. The summed E-state index contributed by atoms with van der Waals surface area (Å²) in [6.45, 7) is 7.61. The molecular formula is C13H23NO2. The lowest BCUT2D eigenvalue weighted by molar-refractivity contribution is -0.231. The summed E-state index contributed by atoms with van der Waals surface area (Å²) in [5.41, 5.74) is -0.173. The summed E-state index contributed by atoms with van der Waals surface area (Å²) in [6.07, 6.45) is 5.68. The van der Waals surface area contributed by atoms with Crippen LogP contribution in [-0.2, 0) is 9.53 Å². The molecule has 0 atom stereocenters. The lowest BCUT2D eigenvalue weighted by atomic mass is 9.84. The molecule has 0 aromatic rings. The molecule has 0 N–H and O–H groups in total. The standard InChI is InChI=1S/C13H23NO2/c1-11(15)14-9-12(2,3)10-16-13(14)7-5-4-6-8-13/h4-10H2,1-3H3. The third-order valence-corrected chi connectivity index (χ3v) is 3.82. The summed E-state index contributed by atoms with van der Waals surface area (Å²) >= 11 is 0. The molecule has 0 aromatic carbocycles. The van der Waals surface area contributed by atoms with Crippen molar-refractivity contribution in [2.24, 2.45) is 5.41 Å². The van der Waals surface area contributed by atoms with E-state index in [2.05, 4.69) is 13.8 Å². The van der Waals surface area contributed by atoms with Crippen molar-refractivity contribution in [2.45, 2.75) is 58.6 Å². The fraction of sp³-hybridized carbons (Fsp3) is 0.923. The first-order chi connectivity index (χ1) is 7.45. The van der Waals surface area contributed by atoms with Crippen LogP contribution in [0.25, 0.3) is 0 Å². The lowest BCUT2D eigenvalue weighted by Gasteiger charge is -2.53. The number of rotatable bonds is 0. The first-order valence-corrected chi connectivity index (χ1v) is 6.37. The zero-order chi connectivity index (χ0) is 11.8. The normalized spacial score (nSPS) is 28.1. The summed E-state index contributed by atoms with van der Waals surface area (Å²) in [4.78, 5) is 13.8. The second-order valence-corrected chi connectivity index (χ2v) is 6.06. The van der Waals surface area contributed by atoms with E-state index in [1.807, 2.05) is 4.90 Å². The molecule has 1 heterocycles. The highest BCUT2D eigenvalue weighted by molar-refractivity contribution is 5.74. The molecule has 0 aromatic heterocycles. The van der Waals surface area contributed by atoms with Crippen LogP contribution in [-0.4, -0.2) is 29.7 Å². The Kier molecular flexibility index (Phi) is 2.99. The van der Waals surface area contributed by atoms with Gasteiger partial charge in [-0.15, -0.1) is 0 Å². The predicted molar refractivity (Wildman–Crippen MR) is 62.9 cm³/mol. The highest BCUT2D eigenvalue weighted by Crippen LogP contribution is 2.41. The molecule has 0 unspecified atom stereocenters. The van der Waals surface area contributed by atoms with Crippen molar-refractivity contribution >= 4 is 5.91 Å². The SMILES string of the molecule is CC(=O)N1CC(C)(C)COC12CCCCC2. The number of hydrogen-bond donors (Lipinski definition) is 0. The molecule has 1 saturated carbocycles. The highest BCUT2D eigenvalue weighted by atomic mass is 16.5. The lowest BCUT2D eigenvalue weighted by Crippen LogP contribution is -2.61. The van der Waals surface area contributed by atoms with Gasteiger partial charge in [-0.25, -0.2) is 0 Å². The molecule has 2 rings (SSSR count). The first kappa shape index (κ1) is 11.9. The molecule has 1 aliphatic heterocycles. The van der Waals surface area contributed by atoms with Gasteiger partial charge >= 0.3 is 0 Å². The number of carbonyl (C=O) groups is 1. The Morgan fingerprint density at radius 2 is 1.81 bits per heavy atom. The van der Waals surface area contributed by atoms with Gasteiger partial charge in [0.2, 0.25) is 5.91 Å². The average Bonchev–Trinajstić information content (AvgIpc) is 2.23. The number of nitrogens with zero attached hydrogens (tertiary/aromatic N) is 1. The van der Waals surface area contributed by atoms with E-state index in [4.69, 9.17) is 4.74 Å². The van der Waals surface area contributed by atoms with Crippen molar-refractivity contribution < 1.29 is 9.53 Å². The Morgan fingerprint density at radius 3 is 2.38 bits per heavy atom. The smallest absolute Gasteiger partial charge is 0.221 e. The highest BCUT2D eigenvalue weighted by Gasteiger charge is 2.47. The van der Waals surface area contributed by atoms with Crippen LogP contribution in [0.15, 0.2) is 0 Å². The van der Waals surface area contributed by atoms with Crippen molar-refractivity contribution in [1.82, 2.24) is 4.90 Å². The molecule has 16 heavy (non-hydrogen) atoms. The van der Waals surface area contributed by atoms with E-state index in [-0.39, 0.29) is 17.0 Å². The topological polar surface area (TPSA) is 29.5 Å². The van der Waals surface area contributed by atoms with Gasteiger partial charge in [0.05, 0.1) is 6.61 Å². The Balaban J connectivity index is 2.20. The molecule has 2 aliphatic rings. The first-order valence-electron chi connectivity index (χ1n) is 6.37. The van der Waals surface area contributed by atoms with Crippen LogP contribution >= 0.6 is 0 Å². The van der Waals surface area contributed by atoms with Gasteiger partial charge in [-0.2, -0.15) is 0 Å². The van der Waals surface area contributed by atoms with E-state index < -0.39 is 0 Å². The largest absolute Gasteiger partial charge is 0.355 e. The van der Waals surface area contributed by atoms with Crippen LogP contribution in [0.4, 0.5) is 0 Å². The van der Waals surface area contributed by atoms with E-state index in [9.17, 15) is 4.79 Å². The number of amides is 1. The Hall–Kier alpha value is -0.570. The number of hydrogen-bond acceptors (Lipinski definition) is 2. The van der Waals surface area contributed by atoms with Crippen LogP contribution in [0.5, 0.6) is 0 Å². The van der Waals surface area contributed by atoms with Gasteiger partial charge in [0.15, 0.2) is 0 Å². The zero-order valence-corrected chi connectivity index (χ0v) is 10.7. The second kappa shape index (κ2) is 4.02. The van der Waals surface area contributed by atoms with Crippen molar-refractivity contribution in [3.05, 3.63) is 0 Å². The van der Waals surface area contributed by atoms with Crippen LogP contribution in [0.2, 0.25) is 0 Å². The molecule has 3 heteroatoms. The van der Waals surface area contributed by atoms with Gasteiger partial charge < -0.3 is 9.64 Å². The van der Waals surface area contributed by atoms with Gasteiger partial charge in [0.25, 0.3) is 0 Å². The zero-order valence-electron chi connectivity index (χ0n) is 10.7. The monoisotopic (exact) mass is 225 g/mol. The van der Waals surface area contributed by atoms with Crippen molar-refractivity contribution in [3.8, 4) is 0 Å². The molecule has 1 spiro atoms. The maximum Gasteiger partial charge on any atom is 0.221 e. The van der Waals surface area contributed by atoms with Crippen molar-refractivity contribution in [1.29, 1.82) is 0 Å². The molecule has 92 valence electrons. The molecule has 0 radical (unpaired) electrons. The molecule has 1 amide bonds. The quantitative estimate of drug-likeness (QED) is 0.634. The van der Waals surface area contributed by atoms with Gasteiger partial charge in [-0.05, 0) is 25.7 Å². The maximum atomic E-state index is 11.8. The molecule has 2 fully saturated rings. The van der Waals surface area contributed by atoms with Crippen molar-refractivity contribution in [2.75, 3.05) is 13.2 Å². The van der Waals surface area contributed by atoms with E-state index in [0.717, 1.165) is 26.0 Å². The fourth-order valence-corrected chi connectivity index (χ4v) is 2.94. The van der Waals surface area contributed by atoms with Crippen LogP contribution in [0.3, 0.4) is 0 Å². The average molecular weight is 225 g/mol. The van der Waals surface area contributed by atoms with E-state index in [1.165, 1.54) is 19.3 Å². The summed E-state index contributed by atoms with van der Waals surface area (Å²) in [5, 5.41) is 0. The van der Waals surface area contributed by atoms with Crippen molar-refractivity contribution in [3.63, 3.8) is 0 Å². The molecule has 1 aliphatic carbocycles. The maximum absolute atomic E-state index is 11.8. The van der Waals surface area contributed by atoms with Crippen LogP contribution in [0.1, 0.15) is 52.9 Å². The van der Waals surface area contributed by atoms with Gasteiger partial charge in [-0.1, -0.05) is 20.3 Å². The fourth-order valence-electron chi connectivity index (χ4n) is 2.94. The third-order valence-electron chi connectivity index (χ3n) is 3.82.